The van der Waals surface area contributed by atoms with Gasteiger partial charge in [-0.2, -0.15) is 0 Å². The minimum absolute atomic E-state index is 0.628. The number of hydrogen-bond acceptors (Lipinski definition) is 3. The Morgan fingerprint density at radius 1 is 1.22 bits per heavy atom. The van der Waals surface area contributed by atoms with Gasteiger partial charge < -0.3 is 5.32 Å². The van der Waals surface area contributed by atoms with Crippen molar-refractivity contribution in [3.8, 4) is 0 Å². The summed E-state index contributed by atoms with van der Waals surface area (Å²) in [5, 5.41) is 4.33. The van der Waals surface area contributed by atoms with Crippen molar-refractivity contribution in [2.24, 2.45) is 0 Å². The molecule has 2 nitrogen and oxygen atoms in total. The fraction of sp³-hybridized carbons (Fsp3) is 0.400. The molecule has 0 aliphatic carbocycles. The zero-order valence-corrected chi connectivity index (χ0v) is 12.3. The average molecular weight is 260 g/mol. The van der Waals surface area contributed by atoms with Crippen molar-refractivity contribution in [2.75, 3.05) is 5.32 Å². The predicted octanol–water partition coefficient (Wildman–Crippen LogP) is 5.02. The molecule has 18 heavy (non-hydrogen) atoms. The van der Waals surface area contributed by atoms with E-state index in [2.05, 4.69) is 55.3 Å². The van der Waals surface area contributed by atoms with Crippen molar-refractivity contribution in [3.05, 3.63) is 40.4 Å². The molecule has 0 spiro atoms. The molecule has 0 radical (unpaired) electrons. The third-order valence-corrected chi connectivity index (χ3v) is 4.36. The molecule has 2 aromatic rings. The van der Waals surface area contributed by atoms with Gasteiger partial charge >= 0.3 is 0 Å². The molecule has 0 saturated carbocycles. The van der Waals surface area contributed by atoms with E-state index in [1.165, 1.54) is 16.9 Å². The lowest BCUT2D eigenvalue weighted by molar-refractivity contribution is 0.734. The maximum atomic E-state index is 4.49. The maximum absolute atomic E-state index is 4.49. The SMILES string of the molecule is CCC(C)c1ccc(Nc2nc(C)c(C)s2)cc1. The number of thiazole rings is 1. The van der Waals surface area contributed by atoms with Crippen LogP contribution in [0.25, 0.3) is 0 Å². The summed E-state index contributed by atoms with van der Waals surface area (Å²) in [6.07, 6.45) is 1.18. The van der Waals surface area contributed by atoms with Gasteiger partial charge in [0.1, 0.15) is 0 Å². The van der Waals surface area contributed by atoms with Crippen molar-refractivity contribution in [3.63, 3.8) is 0 Å². The zero-order chi connectivity index (χ0) is 13.1. The van der Waals surface area contributed by atoms with Gasteiger partial charge in [-0.25, -0.2) is 4.98 Å². The van der Waals surface area contributed by atoms with Gasteiger partial charge in [-0.05, 0) is 43.9 Å². The number of aryl methyl sites for hydroxylation is 2. The molecule has 1 unspecified atom stereocenters. The summed E-state index contributed by atoms with van der Waals surface area (Å²) in [5.74, 6) is 0.628. The molecule has 3 heteroatoms. The first-order valence-corrected chi connectivity index (χ1v) is 7.22. The van der Waals surface area contributed by atoms with Gasteiger partial charge in [0.25, 0.3) is 0 Å². The van der Waals surface area contributed by atoms with Gasteiger partial charge in [0.05, 0.1) is 5.69 Å². The Hall–Kier alpha value is -1.35. The maximum Gasteiger partial charge on any atom is 0.187 e. The van der Waals surface area contributed by atoms with Crippen LogP contribution in [-0.4, -0.2) is 4.98 Å². The van der Waals surface area contributed by atoms with Crippen molar-refractivity contribution in [1.82, 2.24) is 4.98 Å². The molecule has 0 bridgehead atoms. The van der Waals surface area contributed by atoms with Gasteiger partial charge in [0.15, 0.2) is 5.13 Å². The first-order chi connectivity index (χ1) is 8.60. The average Bonchev–Trinajstić information content (AvgIpc) is 2.68. The smallest absolute Gasteiger partial charge is 0.187 e. The monoisotopic (exact) mass is 260 g/mol. The highest BCUT2D eigenvalue weighted by Crippen LogP contribution is 2.26. The number of rotatable bonds is 4. The summed E-state index contributed by atoms with van der Waals surface area (Å²) >= 11 is 1.70. The van der Waals surface area contributed by atoms with Crippen molar-refractivity contribution >= 4 is 22.2 Å². The molecule has 0 aliphatic rings. The molecular formula is C15H20N2S. The van der Waals surface area contributed by atoms with E-state index in [9.17, 15) is 0 Å². The molecule has 1 N–H and O–H groups in total. The van der Waals surface area contributed by atoms with Crippen LogP contribution in [0.2, 0.25) is 0 Å². The highest BCUT2D eigenvalue weighted by atomic mass is 32.1. The molecule has 0 fully saturated rings. The van der Waals surface area contributed by atoms with E-state index in [-0.39, 0.29) is 0 Å². The van der Waals surface area contributed by atoms with Crippen LogP contribution in [0.1, 0.15) is 42.3 Å². The molecule has 2 rings (SSSR count). The molecule has 0 aliphatic heterocycles. The van der Waals surface area contributed by atoms with E-state index < -0.39 is 0 Å². The van der Waals surface area contributed by atoms with Crippen LogP contribution >= 0.6 is 11.3 Å². The molecule has 0 amide bonds. The number of nitrogens with one attached hydrogen (secondary N) is 1. The summed E-state index contributed by atoms with van der Waals surface area (Å²) in [4.78, 5) is 5.76. The molecular weight excluding hydrogens is 240 g/mol. The lowest BCUT2D eigenvalue weighted by Gasteiger charge is -2.09. The topological polar surface area (TPSA) is 24.9 Å². The second-order valence-corrected chi connectivity index (χ2v) is 5.92. The highest BCUT2D eigenvalue weighted by molar-refractivity contribution is 7.15. The van der Waals surface area contributed by atoms with Crippen LogP contribution < -0.4 is 5.32 Å². The van der Waals surface area contributed by atoms with Crippen molar-refractivity contribution < 1.29 is 0 Å². The van der Waals surface area contributed by atoms with E-state index in [0.717, 1.165) is 16.5 Å². The predicted molar refractivity (Wildman–Crippen MR) is 80.0 cm³/mol. The van der Waals surface area contributed by atoms with Gasteiger partial charge in [-0.15, -0.1) is 11.3 Å². The number of nitrogens with zero attached hydrogens (tertiary/aromatic N) is 1. The quantitative estimate of drug-likeness (QED) is 0.835. The molecule has 1 heterocycles. The largest absolute Gasteiger partial charge is 0.332 e. The summed E-state index contributed by atoms with van der Waals surface area (Å²) < 4.78 is 0. The number of benzene rings is 1. The van der Waals surface area contributed by atoms with Crippen LogP contribution in [-0.2, 0) is 0 Å². The van der Waals surface area contributed by atoms with E-state index in [1.807, 2.05) is 6.92 Å². The van der Waals surface area contributed by atoms with Gasteiger partial charge in [-0.3, -0.25) is 0 Å². The van der Waals surface area contributed by atoms with Crippen LogP contribution in [0.3, 0.4) is 0 Å². The first kappa shape index (κ1) is 13.1. The van der Waals surface area contributed by atoms with Crippen LogP contribution in [0, 0.1) is 13.8 Å². The molecule has 96 valence electrons. The summed E-state index contributed by atoms with van der Waals surface area (Å²) in [7, 11) is 0. The van der Waals surface area contributed by atoms with Gasteiger partial charge in [0.2, 0.25) is 0 Å². The van der Waals surface area contributed by atoms with E-state index in [0.29, 0.717) is 5.92 Å². The lowest BCUT2D eigenvalue weighted by atomic mass is 9.99. The summed E-state index contributed by atoms with van der Waals surface area (Å²) in [5.41, 5.74) is 3.61. The van der Waals surface area contributed by atoms with Crippen molar-refractivity contribution in [2.45, 2.75) is 40.0 Å². The van der Waals surface area contributed by atoms with Crippen LogP contribution in [0.5, 0.6) is 0 Å². The van der Waals surface area contributed by atoms with Crippen LogP contribution in [0.4, 0.5) is 10.8 Å². The Kier molecular flexibility index (Phi) is 4.02. The Morgan fingerprint density at radius 3 is 2.39 bits per heavy atom. The Labute approximate surface area is 113 Å². The van der Waals surface area contributed by atoms with Crippen LogP contribution in [0.15, 0.2) is 24.3 Å². The molecule has 1 atom stereocenters. The first-order valence-electron chi connectivity index (χ1n) is 6.41. The number of hydrogen-bond donors (Lipinski definition) is 1. The Bertz CT molecular complexity index is 494. The molecule has 1 aromatic carbocycles. The van der Waals surface area contributed by atoms with E-state index in [1.54, 1.807) is 11.3 Å². The Balaban J connectivity index is 2.10. The summed E-state index contributed by atoms with van der Waals surface area (Å²) in [6, 6.07) is 8.66. The third-order valence-electron chi connectivity index (χ3n) is 3.37. The normalized spacial score (nSPS) is 12.4. The second kappa shape index (κ2) is 5.53. The van der Waals surface area contributed by atoms with E-state index >= 15 is 0 Å². The van der Waals surface area contributed by atoms with Gasteiger partial charge in [0, 0.05) is 10.6 Å². The Morgan fingerprint density at radius 2 is 1.89 bits per heavy atom. The third kappa shape index (κ3) is 2.91. The standard InChI is InChI=1S/C15H20N2S/c1-5-10(2)13-6-8-14(9-7-13)17-15-16-11(3)12(4)18-15/h6-10H,5H2,1-4H3,(H,16,17). The zero-order valence-electron chi connectivity index (χ0n) is 11.4. The van der Waals surface area contributed by atoms with Crippen molar-refractivity contribution in [1.29, 1.82) is 0 Å². The minimum atomic E-state index is 0.628. The van der Waals surface area contributed by atoms with E-state index in [4.69, 9.17) is 0 Å². The lowest BCUT2D eigenvalue weighted by Crippen LogP contribution is -1.93. The summed E-state index contributed by atoms with van der Waals surface area (Å²) in [6.45, 7) is 8.63. The van der Waals surface area contributed by atoms with Gasteiger partial charge in [-0.1, -0.05) is 26.0 Å². The molecule has 1 aromatic heterocycles. The number of aromatic nitrogens is 1. The highest BCUT2D eigenvalue weighted by Gasteiger charge is 2.05. The fourth-order valence-corrected chi connectivity index (χ4v) is 2.62. The number of anilines is 2. The fourth-order valence-electron chi connectivity index (χ4n) is 1.78. The second-order valence-electron chi connectivity index (χ2n) is 4.72. The minimum Gasteiger partial charge on any atom is -0.332 e. The molecule has 0 saturated heterocycles.